The highest BCUT2D eigenvalue weighted by atomic mass is 16.4. The molecule has 48 heavy (non-hydrogen) atoms. The third-order valence-corrected chi connectivity index (χ3v) is 8.29. The van der Waals surface area contributed by atoms with Crippen LogP contribution in [-0.2, 0) is 0 Å². The van der Waals surface area contributed by atoms with Gasteiger partial charge in [-0.2, -0.15) is 0 Å². The number of aromatic nitrogens is 2. The van der Waals surface area contributed by atoms with Crippen molar-refractivity contribution in [2.75, 3.05) is 0 Å². The van der Waals surface area contributed by atoms with Gasteiger partial charge in [0.2, 0.25) is 0 Å². The number of benzene rings is 5. The predicted octanol–water partition coefficient (Wildman–Crippen LogP) is 9.87. The molecule has 0 saturated carbocycles. The molecule has 0 radical (unpaired) electrons. The lowest BCUT2D eigenvalue weighted by molar-refractivity contribution is 0.0680. The van der Waals surface area contributed by atoms with Crippen molar-refractivity contribution in [1.29, 1.82) is 0 Å². The van der Waals surface area contributed by atoms with Gasteiger partial charge in [0.15, 0.2) is 0 Å². The van der Waals surface area contributed by atoms with E-state index in [0.29, 0.717) is 11.1 Å². The zero-order chi connectivity index (χ0) is 33.0. The van der Waals surface area contributed by atoms with Crippen molar-refractivity contribution < 1.29 is 19.8 Å². The summed E-state index contributed by atoms with van der Waals surface area (Å²) in [4.78, 5) is 32.5. The second kappa shape index (κ2) is 13.0. The van der Waals surface area contributed by atoms with Crippen LogP contribution in [0.25, 0.3) is 66.8 Å². The van der Waals surface area contributed by atoms with Crippen molar-refractivity contribution in [2.24, 2.45) is 0 Å². The van der Waals surface area contributed by atoms with E-state index in [0.717, 1.165) is 55.6 Å². The standard InChI is InChI=1S/C42H28N2O4/c45-41(46)33-23-21-31(25-43-33)39-37(29-17-9-3-10-18-29)35(27-13-5-1-6-14-27)36(28-15-7-2-8-16-28)38(30-19-11-4-12-20-30)40(39)32-22-24-34(42(47)48)44-26-32/h1-26H,(H,45,46)(H,47,48). The Balaban J connectivity index is 1.78. The van der Waals surface area contributed by atoms with E-state index in [4.69, 9.17) is 0 Å². The molecule has 0 saturated heterocycles. The molecule has 0 amide bonds. The molecule has 0 aliphatic carbocycles. The lowest BCUT2D eigenvalue weighted by Crippen LogP contribution is -2.04. The Labute approximate surface area is 277 Å². The summed E-state index contributed by atoms with van der Waals surface area (Å²) in [7, 11) is 0. The van der Waals surface area contributed by atoms with Crippen LogP contribution >= 0.6 is 0 Å². The fourth-order valence-electron chi connectivity index (χ4n) is 6.24. The first-order valence-corrected chi connectivity index (χ1v) is 15.4. The van der Waals surface area contributed by atoms with Crippen molar-refractivity contribution >= 4 is 11.9 Å². The zero-order valence-corrected chi connectivity index (χ0v) is 25.6. The Morgan fingerprint density at radius 3 is 0.792 bits per heavy atom. The number of pyridine rings is 2. The second-order valence-electron chi connectivity index (χ2n) is 11.2. The molecule has 7 rings (SSSR count). The molecule has 6 nitrogen and oxygen atoms in total. The van der Waals surface area contributed by atoms with Crippen LogP contribution in [0.5, 0.6) is 0 Å². The molecular weight excluding hydrogens is 596 g/mol. The molecule has 6 heteroatoms. The number of nitrogens with zero attached hydrogens (tertiary/aromatic N) is 2. The number of aromatic carboxylic acids is 2. The van der Waals surface area contributed by atoms with E-state index in [2.05, 4.69) is 58.5 Å². The van der Waals surface area contributed by atoms with E-state index in [1.165, 1.54) is 12.1 Å². The van der Waals surface area contributed by atoms with E-state index in [9.17, 15) is 19.8 Å². The minimum absolute atomic E-state index is 0.0680. The van der Waals surface area contributed by atoms with Crippen LogP contribution in [-0.4, -0.2) is 32.1 Å². The summed E-state index contributed by atoms with van der Waals surface area (Å²) in [6.07, 6.45) is 3.19. The molecule has 0 bridgehead atoms. The average molecular weight is 625 g/mol. The Bertz CT molecular complexity index is 2070. The van der Waals surface area contributed by atoms with E-state index in [1.807, 2.05) is 72.8 Å². The fourth-order valence-corrected chi connectivity index (χ4v) is 6.24. The van der Waals surface area contributed by atoms with Crippen molar-refractivity contribution in [3.63, 3.8) is 0 Å². The first kappa shape index (κ1) is 30.0. The third-order valence-electron chi connectivity index (χ3n) is 8.29. The highest BCUT2D eigenvalue weighted by Gasteiger charge is 2.29. The monoisotopic (exact) mass is 624 g/mol. The zero-order valence-electron chi connectivity index (χ0n) is 25.6. The van der Waals surface area contributed by atoms with Crippen LogP contribution in [0, 0.1) is 0 Å². The Morgan fingerprint density at radius 2 is 0.583 bits per heavy atom. The van der Waals surface area contributed by atoms with Crippen LogP contribution in [0.2, 0.25) is 0 Å². The smallest absolute Gasteiger partial charge is 0.354 e. The van der Waals surface area contributed by atoms with E-state index in [-0.39, 0.29) is 11.4 Å². The number of carboxylic acid groups (broad SMARTS) is 2. The van der Waals surface area contributed by atoms with Gasteiger partial charge in [0.1, 0.15) is 11.4 Å². The summed E-state index contributed by atoms with van der Waals surface area (Å²) in [5.74, 6) is -2.24. The first-order chi connectivity index (χ1) is 23.5. The molecule has 2 N–H and O–H groups in total. The van der Waals surface area contributed by atoms with Crippen LogP contribution in [0.15, 0.2) is 158 Å². The summed E-state index contributed by atoms with van der Waals surface area (Å²) in [6.45, 7) is 0. The minimum Gasteiger partial charge on any atom is -0.477 e. The normalized spacial score (nSPS) is 10.8. The number of carboxylic acids is 2. The largest absolute Gasteiger partial charge is 0.477 e. The predicted molar refractivity (Wildman–Crippen MR) is 189 cm³/mol. The maximum Gasteiger partial charge on any atom is 0.354 e. The first-order valence-electron chi connectivity index (χ1n) is 15.4. The molecule has 2 aromatic heterocycles. The van der Waals surface area contributed by atoms with Gasteiger partial charge in [0, 0.05) is 34.6 Å². The molecule has 0 aliphatic heterocycles. The molecule has 230 valence electrons. The van der Waals surface area contributed by atoms with E-state index in [1.54, 1.807) is 24.5 Å². The lowest BCUT2D eigenvalue weighted by Gasteiger charge is -2.28. The Hall–Kier alpha value is -6.66. The Kier molecular flexibility index (Phi) is 8.12. The SMILES string of the molecule is O=C(O)c1ccc(-c2c(-c3ccccc3)c(-c3ccccc3)c(-c3ccccc3)c(-c3ccccc3)c2-c2ccc(C(=O)O)nc2)cn1. The van der Waals surface area contributed by atoms with Crippen LogP contribution in [0.1, 0.15) is 21.0 Å². The van der Waals surface area contributed by atoms with Gasteiger partial charge in [-0.1, -0.05) is 133 Å². The molecule has 0 spiro atoms. The molecule has 0 fully saturated rings. The highest BCUT2D eigenvalue weighted by molar-refractivity contribution is 6.15. The van der Waals surface area contributed by atoms with Crippen molar-refractivity contribution in [3.8, 4) is 66.8 Å². The van der Waals surface area contributed by atoms with Gasteiger partial charge in [0.25, 0.3) is 0 Å². The van der Waals surface area contributed by atoms with Crippen molar-refractivity contribution in [2.45, 2.75) is 0 Å². The lowest BCUT2D eigenvalue weighted by atomic mass is 9.74. The summed E-state index contributed by atoms with van der Waals surface area (Å²) in [5.41, 5.74) is 10.6. The number of carbonyl (C=O) groups is 2. The quantitative estimate of drug-likeness (QED) is 0.175. The van der Waals surface area contributed by atoms with Crippen LogP contribution < -0.4 is 0 Å². The topological polar surface area (TPSA) is 100 Å². The summed E-state index contributed by atoms with van der Waals surface area (Å²) >= 11 is 0. The molecule has 7 aromatic rings. The van der Waals surface area contributed by atoms with Gasteiger partial charge >= 0.3 is 11.9 Å². The van der Waals surface area contributed by atoms with E-state index >= 15 is 0 Å². The number of hydrogen-bond donors (Lipinski definition) is 2. The molecule has 0 aliphatic rings. The van der Waals surface area contributed by atoms with E-state index < -0.39 is 11.9 Å². The summed E-state index contributed by atoms with van der Waals surface area (Å²) < 4.78 is 0. The molecule has 0 atom stereocenters. The van der Waals surface area contributed by atoms with Crippen molar-refractivity contribution in [3.05, 3.63) is 169 Å². The van der Waals surface area contributed by atoms with Gasteiger partial charge < -0.3 is 10.2 Å². The van der Waals surface area contributed by atoms with Crippen LogP contribution in [0.3, 0.4) is 0 Å². The number of hydrogen-bond acceptors (Lipinski definition) is 4. The maximum absolute atomic E-state index is 11.9. The minimum atomic E-state index is -1.12. The average Bonchev–Trinajstić information content (AvgIpc) is 3.15. The van der Waals surface area contributed by atoms with Gasteiger partial charge in [-0.15, -0.1) is 0 Å². The van der Waals surface area contributed by atoms with Crippen LogP contribution in [0.4, 0.5) is 0 Å². The van der Waals surface area contributed by atoms with Gasteiger partial charge in [0.05, 0.1) is 0 Å². The van der Waals surface area contributed by atoms with Gasteiger partial charge in [-0.25, -0.2) is 19.6 Å². The maximum atomic E-state index is 11.9. The van der Waals surface area contributed by atoms with Gasteiger partial charge in [-0.3, -0.25) is 0 Å². The van der Waals surface area contributed by atoms with Gasteiger partial charge in [-0.05, 0) is 56.6 Å². The molecule has 0 unspecified atom stereocenters. The summed E-state index contributed by atoms with van der Waals surface area (Å²) in [5, 5.41) is 19.4. The third kappa shape index (κ3) is 5.63. The molecule has 2 heterocycles. The fraction of sp³-hybridized carbons (Fsp3) is 0. The highest BCUT2D eigenvalue weighted by Crippen LogP contribution is 2.55. The molecule has 5 aromatic carbocycles. The second-order valence-corrected chi connectivity index (χ2v) is 11.2. The Morgan fingerprint density at radius 1 is 0.333 bits per heavy atom. The number of rotatable bonds is 8. The molecular formula is C42H28N2O4. The summed E-state index contributed by atoms with van der Waals surface area (Å²) in [6, 6.07) is 47.2. The van der Waals surface area contributed by atoms with Crippen molar-refractivity contribution in [1.82, 2.24) is 9.97 Å².